The third kappa shape index (κ3) is 5.62. The predicted molar refractivity (Wildman–Crippen MR) is 134 cm³/mol. The van der Waals surface area contributed by atoms with Crippen LogP contribution in [0, 0.1) is 0 Å². The summed E-state index contributed by atoms with van der Waals surface area (Å²) in [6.45, 7) is 4.53. The molecule has 0 bridgehead atoms. The Morgan fingerprint density at radius 3 is 2.64 bits per heavy atom. The zero-order valence-electron chi connectivity index (χ0n) is 20.4. The maximum absolute atomic E-state index is 14.0. The number of amides is 1. The Bertz CT molecular complexity index is 1130. The SMILES string of the molecule is C[C@H]1OC(c2ccc(OCCCO)cc2)=N[C@@]1(Cc1ccccc1CN=[N+]=[N-])C(=O)N1CCOCC1. The highest BCUT2D eigenvalue weighted by molar-refractivity contribution is 6.01. The number of hydrogen-bond acceptors (Lipinski definition) is 7. The van der Waals surface area contributed by atoms with E-state index in [0.29, 0.717) is 57.4 Å². The summed E-state index contributed by atoms with van der Waals surface area (Å²) in [5, 5.41) is 12.7. The molecule has 0 aromatic heterocycles. The van der Waals surface area contributed by atoms with E-state index in [1.54, 1.807) is 4.90 Å². The van der Waals surface area contributed by atoms with E-state index in [0.717, 1.165) is 16.7 Å². The Hall–Kier alpha value is -3.59. The molecule has 2 heterocycles. The lowest BCUT2D eigenvalue weighted by atomic mass is 9.83. The first-order chi connectivity index (χ1) is 17.6. The van der Waals surface area contributed by atoms with E-state index in [2.05, 4.69) is 10.0 Å². The van der Waals surface area contributed by atoms with Crippen LogP contribution in [0.3, 0.4) is 0 Å². The van der Waals surface area contributed by atoms with Crippen molar-refractivity contribution in [3.05, 3.63) is 75.7 Å². The Balaban J connectivity index is 1.68. The van der Waals surface area contributed by atoms with Gasteiger partial charge in [-0.05, 0) is 47.8 Å². The largest absolute Gasteiger partial charge is 0.494 e. The molecule has 1 amide bonds. The standard InChI is InChI=1S/C26H31N5O5/c1-19-26(25(33)31-11-15-34-16-12-31,17-21-5-2-3-6-22(21)18-28-30-27)29-24(36-19)20-7-9-23(10-8-20)35-14-4-13-32/h2-3,5-10,19,32H,4,11-18H2,1H3/t19-,26-/m1/s1. The smallest absolute Gasteiger partial charge is 0.255 e. The predicted octanol–water partition coefficient (Wildman–Crippen LogP) is 3.26. The van der Waals surface area contributed by atoms with Gasteiger partial charge in [0, 0.05) is 43.0 Å². The molecule has 0 saturated carbocycles. The van der Waals surface area contributed by atoms with Crippen molar-refractivity contribution in [2.75, 3.05) is 39.5 Å². The molecular weight excluding hydrogens is 462 g/mol. The van der Waals surface area contributed by atoms with Gasteiger partial charge < -0.3 is 24.2 Å². The minimum absolute atomic E-state index is 0.0753. The second-order valence-corrected chi connectivity index (χ2v) is 8.79. The molecule has 0 aliphatic carbocycles. The van der Waals surface area contributed by atoms with Crippen molar-refractivity contribution in [2.24, 2.45) is 10.1 Å². The summed E-state index contributed by atoms with van der Waals surface area (Å²) < 4.78 is 17.3. The van der Waals surface area contributed by atoms with Crippen LogP contribution in [-0.4, -0.2) is 73.0 Å². The van der Waals surface area contributed by atoms with E-state index in [4.69, 9.17) is 29.8 Å². The second kappa shape index (κ2) is 11.9. The third-order valence-corrected chi connectivity index (χ3v) is 6.49. The number of hydrogen-bond donors (Lipinski definition) is 1. The normalized spacial score (nSPS) is 21.3. The Morgan fingerprint density at radius 2 is 1.94 bits per heavy atom. The minimum atomic E-state index is -1.17. The van der Waals surface area contributed by atoms with Crippen LogP contribution >= 0.6 is 0 Å². The topological polar surface area (TPSA) is 129 Å². The first-order valence-corrected chi connectivity index (χ1v) is 12.1. The molecular formula is C26H31N5O5. The van der Waals surface area contributed by atoms with Crippen molar-refractivity contribution in [1.29, 1.82) is 0 Å². The van der Waals surface area contributed by atoms with Crippen LogP contribution in [0.2, 0.25) is 0 Å². The molecule has 2 aromatic rings. The lowest BCUT2D eigenvalue weighted by molar-refractivity contribution is -0.143. The molecule has 1 N–H and O–H groups in total. The van der Waals surface area contributed by atoms with Gasteiger partial charge in [0.05, 0.1) is 26.4 Å². The van der Waals surface area contributed by atoms with Crippen LogP contribution in [0.5, 0.6) is 5.75 Å². The monoisotopic (exact) mass is 493 g/mol. The van der Waals surface area contributed by atoms with Gasteiger partial charge in [0.1, 0.15) is 11.9 Å². The van der Waals surface area contributed by atoms with E-state index in [-0.39, 0.29) is 19.1 Å². The van der Waals surface area contributed by atoms with Crippen molar-refractivity contribution in [1.82, 2.24) is 4.90 Å². The van der Waals surface area contributed by atoms with E-state index in [1.165, 1.54) is 0 Å². The van der Waals surface area contributed by atoms with Crippen LogP contribution in [0.4, 0.5) is 0 Å². The zero-order chi connectivity index (χ0) is 25.4. The van der Waals surface area contributed by atoms with Crippen molar-refractivity contribution < 1.29 is 24.1 Å². The van der Waals surface area contributed by atoms with Gasteiger partial charge in [-0.3, -0.25) is 4.79 Å². The molecule has 4 rings (SSSR count). The fourth-order valence-electron chi connectivity index (χ4n) is 4.45. The molecule has 1 fully saturated rings. The maximum Gasteiger partial charge on any atom is 0.255 e. The van der Waals surface area contributed by atoms with Crippen LogP contribution < -0.4 is 4.74 Å². The number of carbonyl (C=O) groups is 1. The average molecular weight is 494 g/mol. The number of morpholine rings is 1. The Kier molecular flexibility index (Phi) is 8.43. The molecule has 36 heavy (non-hydrogen) atoms. The number of carbonyl (C=O) groups excluding carboxylic acids is 1. The number of aliphatic hydroxyl groups is 1. The molecule has 2 aromatic carbocycles. The molecule has 1 saturated heterocycles. The van der Waals surface area contributed by atoms with E-state index >= 15 is 0 Å². The summed E-state index contributed by atoms with van der Waals surface area (Å²) in [5.74, 6) is 0.982. The number of benzene rings is 2. The molecule has 10 heteroatoms. The quantitative estimate of drug-likeness (QED) is 0.235. The first kappa shape index (κ1) is 25.5. The van der Waals surface area contributed by atoms with Crippen LogP contribution in [0.1, 0.15) is 30.0 Å². The van der Waals surface area contributed by atoms with E-state index in [9.17, 15) is 4.79 Å². The molecule has 190 valence electrons. The molecule has 0 unspecified atom stereocenters. The van der Waals surface area contributed by atoms with Gasteiger partial charge in [0.25, 0.3) is 5.91 Å². The summed E-state index contributed by atoms with van der Waals surface area (Å²) in [4.78, 5) is 23.6. The van der Waals surface area contributed by atoms with Gasteiger partial charge >= 0.3 is 0 Å². The number of aliphatic imine (C=N–C) groups is 1. The molecule has 2 aliphatic heterocycles. The molecule has 0 radical (unpaired) electrons. The van der Waals surface area contributed by atoms with Crippen molar-refractivity contribution in [2.45, 2.75) is 38.0 Å². The minimum Gasteiger partial charge on any atom is -0.494 e. The summed E-state index contributed by atoms with van der Waals surface area (Å²) >= 11 is 0. The highest BCUT2D eigenvalue weighted by Gasteiger charge is 2.52. The summed E-state index contributed by atoms with van der Waals surface area (Å²) in [5.41, 5.74) is 10.1. The number of rotatable bonds is 10. The number of azide groups is 1. The van der Waals surface area contributed by atoms with Gasteiger partial charge in [-0.1, -0.05) is 29.4 Å². The van der Waals surface area contributed by atoms with Crippen LogP contribution in [-0.2, 0) is 27.2 Å². The third-order valence-electron chi connectivity index (χ3n) is 6.49. The molecule has 2 aliphatic rings. The van der Waals surface area contributed by atoms with Gasteiger partial charge in [-0.2, -0.15) is 0 Å². The van der Waals surface area contributed by atoms with Crippen molar-refractivity contribution >= 4 is 11.8 Å². The Morgan fingerprint density at radius 1 is 1.22 bits per heavy atom. The lowest BCUT2D eigenvalue weighted by Gasteiger charge is -2.36. The van der Waals surface area contributed by atoms with E-state index in [1.807, 2.05) is 55.5 Å². The number of nitrogens with zero attached hydrogens (tertiary/aromatic N) is 5. The highest BCUT2D eigenvalue weighted by atomic mass is 16.5. The fourth-order valence-corrected chi connectivity index (χ4v) is 4.45. The first-order valence-electron chi connectivity index (χ1n) is 12.1. The van der Waals surface area contributed by atoms with Crippen molar-refractivity contribution in [3.8, 4) is 5.75 Å². The van der Waals surface area contributed by atoms with Crippen molar-refractivity contribution in [3.63, 3.8) is 0 Å². The summed E-state index contributed by atoms with van der Waals surface area (Å²) in [6, 6.07) is 15.0. The highest BCUT2D eigenvalue weighted by Crippen LogP contribution is 2.35. The second-order valence-electron chi connectivity index (χ2n) is 8.79. The van der Waals surface area contributed by atoms with Gasteiger partial charge in [-0.15, -0.1) is 0 Å². The average Bonchev–Trinajstić information content (AvgIpc) is 3.25. The van der Waals surface area contributed by atoms with Crippen LogP contribution in [0.25, 0.3) is 10.4 Å². The lowest BCUT2D eigenvalue weighted by Crippen LogP contribution is -2.56. The fraction of sp³-hybridized carbons (Fsp3) is 0.462. The van der Waals surface area contributed by atoms with Gasteiger partial charge in [0.15, 0.2) is 5.54 Å². The molecule has 0 spiro atoms. The molecule has 10 nitrogen and oxygen atoms in total. The number of ether oxygens (including phenoxy) is 3. The summed E-state index contributed by atoms with van der Waals surface area (Å²) in [6.07, 6.45) is 0.353. The van der Waals surface area contributed by atoms with Crippen LogP contribution in [0.15, 0.2) is 58.6 Å². The van der Waals surface area contributed by atoms with E-state index < -0.39 is 11.6 Å². The van der Waals surface area contributed by atoms with Gasteiger partial charge in [0.2, 0.25) is 5.90 Å². The van der Waals surface area contributed by atoms with Gasteiger partial charge in [-0.25, -0.2) is 4.99 Å². The summed E-state index contributed by atoms with van der Waals surface area (Å²) in [7, 11) is 0. The zero-order valence-corrected chi connectivity index (χ0v) is 20.4. The molecule has 2 atom stereocenters. The maximum atomic E-state index is 14.0. The Labute approximate surface area is 210 Å². The number of aliphatic hydroxyl groups excluding tert-OH is 1.